The Morgan fingerprint density at radius 3 is 2.77 bits per heavy atom. The Balaban J connectivity index is 1.77. The molecule has 162 valence electrons. The molecule has 8 nitrogen and oxygen atoms in total. The van der Waals surface area contributed by atoms with Gasteiger partial charge in [0.05, 0.1) is 41.9 Å². The van der Waals surface area contributed by atoms with Crippen LogP contribution in [0.4, 0.5) is 0 Å². The van der Waals surface area contributed by atoms with Gasteiger partial charge in [0.15, 0.2) is 0 Å². The summed E-state index contributed by atoms with van der Waals surface area (Å²) in [5, 5.41) is 16.7. The van der Waals surface area contributed by atoms with Crippen LogP contribution < -0.4 is 5.32 Å². The van der Waals surface area contributed by atoms with Crippen LogP contribution >= 0.6 is 0 Å². The van der Waals surface area contributed by atoms with E-state index in [1.807, 2.05) is 12.3 Å². The summed E-state index contributed by atoms with van der Waals surface area (Å²) in [5.74, 6) is 0.0560. The number of fused-ring (bicyclic) bond motifs is 3. The highest BCUT2D eigenvalue weighted by Gasteiger charge is 2.26. The Bertz CT molecular complexity index is 1110. The number of aliphatic hydroxyl groups excluding tert-OH is 1. The van der Waals surface area contributed by atoms with Crippen molar-refractivity contribution in [2.45, 2.75) is 45.3 Å². The summed E-state index contributed by atoms with van der Waals surface area (Å²) in [6.07, 6.45) is 6.31. The number of aromatic nitrogens is 4. The van der Waals surface area contributed by atoms with Gasteiger partial charge >= 0.3 is 0 Å². The molecule has 0 fully saturated rings. The van der Waals surface area contributed by atoms with Gasteiger partial charge in [0.25, 0.3) is 11.9 Å². The van der Waals surface area contributed by atoms with Gasteiger partial charge in [0.1, 0.15) is 0 Å². The minimum atomic E-state index is -0.756. The number of aryl methyl sites for hydroxylation is 2. The summed E-state index contributed by atoms with van der Waals surface area (Å²) in [5.41, 5.74) is 4.56. The highest BCUT2D eigenvalue weighted by molar-refractivity contribution is 5.95. The zero-order valence-corrected chi connectivity index (χ0v) is 18.1. The second kappa shape index (κ2) is 8.56. The molecule has 1 aliphatic carbocycles. The zero-order valence-electron chi connectivity index (χ0n) is 18.1. The number of carbonyl (C=O) groups is 1. The maximum absolute atomic E-state index is 12.8. The molecule has 1 amide bonds. The molecule has 0 saturated carbocycles. The summed E-state index contributed by atoms with van der Waals surface area (Å²) in [6.45, 7) is 3.48. The minimum Gasteiger partial charge on any atom is -0.394 e. The van der Waals surface area contributed by atoms with Crippen molar-refractivity contribution >= 4 is 5.91 Å². The molecule has 0 atom stereocenters. The highest BCUT2D eigenvalue weighted by Crippen LogP contribution is 2.31. The van der Waals surface area contributed by atoms with Gasteiger partial charge in [-0.05, 0) is 44.2 Å². The predicted octanol–water partition coefficient (Wildman–Crippen LogP) is 2.47. The molecule has 0 saturated heterocycles. The lowest BCUT2D eigenvalue weighted by molar-refractivity contribution is 0.0864. The van der Waals surface area contributed by atoms with Crippen molar-refractivity contribution in [1.29, 1.82) is 0 Å². The molecule has 1 aliphatic rings. The van der Waals surface area contributed by atoms with E-state index in [2.05, 4.69) is 33.6 Å². The van der Waals surface area contributed by atoms with Crippen LogP contribution in [0.3, 0.4) is 0 Å². The van der Waals surface area contributed by atoms with E-state index >= 15 is 0 Å². The van der Waals surface area contributed by atoms with Gasteiger partial charge in [-0.2, -0.15) is 9.78 Å². The molecule has 2 N–H and O–H groups in total. The third-order valence-corrected chi connectivity index (χ3v) is 5.45. The molecular weight excluding hydrogens is 394 g/mol. The predicted molar refractivity (Wildman–Crippen MR) is 116 cm³/mol. The SMILES string of the molecule is COCc1c(C(=O)NC(C)(C)CO)cnn1-c1ncc2c(n1)-c1ccccc1CCC2. The lowest BCUT2D eigenvalue weighted by Gasteiger charge is -2.23. The zero-order chi connectivity index (χ0) is 22.0. The Morgan fingerprint density at radius 1 is 1.23 bits per heavy atom. The Labute approximate surface area is 181 Å². The van der Waals surface area contributed by atoms with E-state index in [0.29, 0.717) is 17.2 Å². The number of hydrogen-bond acceptors (Lipinski definition) is 6. The number of nitrogens with one attached hydrogen (secondary N) is 1. The van der Waals surface area contributed by atoms with Crippen molar-refractivity contribution in [2.75, 3.05) is 13.7 Å². The van der Waals surface area contributed by atoms with Crippen molar-refractivity contribution in [1.82, 2.24) is 25.1 Å². The number of amides is 1. The van der Waals surface area contributed by atoms with Crippen LogP contribution in [0.5, 0.6) is 0 Å². The van der Waals surface area contributed by atoms with Gasteiger partial charge in [-0.25, -0.2) is 9.97 Å². The highest BCUT2D eigenvalue weighted by atomic mass is 16.5. The van der Waals surface area contributed by atoms with E-state index in [1.54, 1.807) is 25.6 Å². The van der Waals surface area contributed by atoms with Gasteiger partial charge in [-0.1, -0.05) is 24.3 Å². The molecule has 1 aromatic carbocycles. The van der Waals surface area contributed by atoms with E-state index in [-0.39, 0.29) is 19.1 Å². The van der Waals surface area contributed by atoms with Gasteiger partial charge in [-0.15, -0.1) is 0 Å². The average molecular weight is 422 g/mol. The second-order valence-electron chi connectivity index (χ2n) is 8.40. The number of carbonyl (C=O) groups excluding carboxylic acids is 1. The van der Waals surface area contributed by atoms with Gasteiger partial charge in [0.2, 0.25) is 0 Å². The summed E-state index contributed by atoms with van der Waals surface area (Å²) in [6, 6.07) is 8.30. The van der Waals surface area contributed by atoms with Crippen LogP contribution in [0, 0.1) is 0 Å². The monoisotopic (exact) mass is 421 g/mol. The smallest absolute Gasteiger partial charge is 0.255 e. The molecule has 2 aromatic heterocycles. The van der Waals surface area contributed by atoms with E-state index in [9.17, 15) is 9.90 Å². The first-order chi connectivity index (χ1) is 14.9. The second-order valence-corrected chi connectivity index (χ2v) is 8.40. The molecule has 0 aliphatic heterocycles. The largest absolute Gasteiger partial charge is 0.394 e. The van der Waals surface area contributed by atoms with Crippen molar-refractivity contribution in [3.05, 3.63) is 59.0 Å². The number of ether oxygens (including phenoxy) is 1. The van der Waals surface area contributed by atoms with Crippen molar-refractivity contribution in [3.63, 3.8) is 0 Å². The Morgan fingerprint density at radius 2 is 2.00 bits per heavy atom. The van der Waals surface area contributed by atoms with Crippen molar-refractivity contribution in [3.8, 4) is 17.2 Å². The summed E-state index contributed by atoms with van der Waals surface area (Å²) < 4.78 is 6.89. The van der Waals surface area contributed by atoms with Crippen LogP contribution in [-0.4, -0.2) is 50.0 Å². The Hall–Kier alpha value is -3.10. The standard InChI is InChI=1S/C23H27N5O3/c1-23(2,14-29)27-21(30)18-12-25-28(19(18)13-31-3)22-24-11-16-9-6-8-15-7-4-5-10-17(15)20(16)26-22/h4-5,7,10-12,29H,6,8-9,13-14H2,1-3H3,(H,27,30). The molecular formula is C23H27N5O3. The quantitative estimate of drug-likeness (QED) is 0.634. The number of aliphatic hydroxyl groups is 1. The molecule has 0 spiro atoms. The van der Waals surface area contributed by atoms with E-state index in [0.717, 1.165) is 36.1 Å². The fourth-order valence-corrected chi connectivity index (χ4v) is 3.78. The molecule has 2 heterocycles. The normalized spacial score (nSPS) is 13.3. The molecule has 0 radical (unpaired) electrons. The number of benzene rings is 1. The van der Waals surface area contributed by atoms with Crippen LogP contribution in [0.2, 0.25) is 0 Å². The van der Waals surface area contributed by atoms with Crippen molar-refractivity contribution in [2.24, 2.45) is 0 Å². The fraction of sp³-hybridized carbons (Fsp3) is 0.391. The number of hydrogen-bond donors (Lipinski definition) is 2. The van der Waals surface area contributed by atoms with Crippen LogP contribution in [0.1, 0.15) is 47.4 Å². The molecule has 0 bridgehead atoms. The molecule has 4 rings (SSSR count). The van der Waals surface area contributed by atoms with Gasteiger partial charge < -0.3 is 15.2 Å². The van der Waals surface area contributed by atoms with Gasteiger partial charge in [-0.3, -0.25) is 4.79 Å². The topological polar surface area (TPSA) is 102 Å². The maximum Gasteiger partial charge on any atom is 0.255 e. The first-order valence-electron chi connectivity index (χ1n) is 10.4. The first kappa shape index (κ1) is 21.1. The molecule has 3 aromatic rings. The van der Waals surface area contributed by atoms with Crippen LogP contribution in [0.25, 0.3) is 17.2 Å². The number of nitrogens with zero attached hydrogens (tertiary/aromatic N) is 4. The maximum atomic E-state index is 12.8. The summed E-state index contributed by atoms with van der Waals surface area (Å²) >= 11 is 0. The van der Waals surface area contributed by atoms with E-state index in [1.165, 1.54) is 11.8 Å². The fourth-order valence-electron chi connectivity index (χ4n) is 3.78. The Kier molecular flexibility index (Phi) is 5.84. The van der Waals surface area contributed by atoms with Gasteiger partial charge in [0, 0.05) is 18.9 Å². The average Bonchev–Trinajstić information content (AvgIpc) is 3.09. The third kappa shape index (κ3) is 4.22. The minimum absolute atomic E-state index is 0.166. The summed E-state index contributed by atoms with van der Waals surface area (Å²) in [7, 11) is 1.56. The first-order valence-corrected chi connectivity index (χ1v) is 10.4. The lowest BCUT2D eigenvalue weighted by atomic mass is 10.0. The van der Waals surface area contributed by atoms with Crippen LogP contribution in [0.15, 0.2) is 36.7 Å². The third-order valence-electron chi connectivity index (χ3n) is 5.45. The molecule has 8 heteroatoms. The summed E-state index contributed by atoms with van der Waals surface area (Å²) in [4.78, 5) is 22.2. The lowest BCUT2D eigenvalue weighted by Crippen LogP contribution is -2.46. The molecule has 31 heavy (non-hydrogen) atoms. The molecule has 0 unspecified atom stereocenters. The van der Waals surface area contributed by atoms with E-state index < -0.39 is 5.54 Å². The van der Waals surface area contributed by atoms with E-state index in [4.69, 9.17) is 9.72 Å². The van der Waals surface area contributed by atoms with Crippen molar-refractivity contribution < 1.29 is 14.6 Å². The van der Waals surface area contributed by atoms with Crippen LogP contribution in [-0.2, 0) is 24.2 Å². The number of rotatable bonds is 6. The number of methoxy groups -OCH3 is 1.